The fourth-order valence-corrected chi connectivity index (χ4v) is 1.72. The van der Waals surface area contributed by atoms with Gasteiger partial charge in [-0.3, -0.25) is 9.59 Å². The Labute approximate surface area is 99.6 Å². The van der Waals surface area contributed by atoms with Crippen LogP contribution in [0.1, 0.15) is 6.92 Å². The predicted octanol–water partition coefficient (Wildman–Crippen LogP) is -0.713. The van der Waals surface area contributed by atoms with Crippen LogP contribution in [0.15, 0.2) is 0 Å². The topological polar surface area (TPSA) is 81.2 Å². The van der Waals surface area contributed by atoms with Crippen LogP contribution >= 0.6 is 0 Å². The van der Waals surface area contributed by atoms with Crippen molar-refractivity contribution in [3.63, 3.8) is 0 Å². The zero-order valence-corrected chi connectivity index (χ0v) is 10.0. The van der Waals surface area contributed by atoms with Crippen molar-refractivity contribution >= 4 is 17.9 Å². The van der Waals surface area contributed by atoms with Gasteiger partial charge in [0.15, 0.2) is 0 Å². The summed E-state index contributed by atoms with van der Waals surface area (Å²) in [4.78, 5) is 37.7. The Bertz CT molecular complexity index is 324. The minimum absolute atomic E-state index is 0.00371. The van der Waals surface area contributed by atoms with Crippen LogP contribution in [0.3, 0.4) is 0 Å². The molecule has 17 heavy (non-hydrogen) atoms. The van der Waals surface area contributed by atoms with Crippen molar-refractivity contribution in [2.24, 2.45) is 0 Å². The highest BCUT2D eigenvalue weighted by atomic mass is 16.4. The summed E-state index contributed by atoms with van der Waals surface area (Å²) in [6.07, 6.45) is 0. The van der Waals surface area contributed by atoms with Gasteiger partial charge in [-0.2, -0.15) is 0 Å². The lowest BCUT2D eigenvalue weighted by Crippen LogP contribution is -2.53. The van der Waals surface area contributed by atoms with E-state index in [2.05, 4.69) is 0 Å². The molecule has 0 saturated carbocycles. The summed E-state index contributed by atoms with van der Waals surface area (Å²) in [6, 6.07) is -0.310. The molecule has 1 rings (SSSR count). The Morgan fingerprint density at radius 1 is 1.12 bits per heavy atom. The quantitative estimate of drug-likeness (QED) is 0.694. The van der Waals surface area contributed by atoms with Gasteiger partial charge in [-0.25, -0.2) is 4.79 Å². The molecule has 1 aliphatic heterocycles. The van der Waals surface area contributed by atoms with Crippen LogP contribution < -0.4 is 0 Å². The number of hydrogen-bond acceptors (Lipinski definition) is 3. The number of carbonyl (C=O) groups is 3. The molecule has 0 unspecified atom stereocenters. The molecule has 0 aromatic heterocycles. The number of rotatable bonds is 2. The van der Waals surface area contributed by atoms with Gasteiger partial charge >= 0.3 is 12.0 Å². The average molecular weight is 243 g/mol. The van der Waals surface area contributed by atoms with Crippen LogP contribution in [-0.2, 0) is 9.59 Å². The van der Waals surface area contributed by atoms with Crippen molar-refractivity contribution in [3.05, 3.63) is 0 Å². The molecule has 1 saturated heterocycles. The van der Waals surface area contributed by atoms with Gasteiger partial charge < -0.3 is 19.8 Å². The highest BCUT2D eigenvalue weighted by molar-refractivity contribution is 5.80. The summed E-state index contributed by atoms with van der Waals surface area (Å²) in [5, 5.41) is 8.58. The molecule has 0 spiro atoms. The standard InChI is InChI=1S/C10H17N3O4/c1-8(14)12-3-5-13(6-4-12)10(17)11(2)7-9(15)16/h3-7H2,1-2H3,(H,15,16). The summed E-state index contributed by atoms with van der Waals surface area (Å²) in [5.41, 5.74) is 0. The Balaban J connectivity index is 2.45. The van der Waals surface area contributed by atoms with E-state index in [0.29, 0.717) is 26.2 Å². The minimum Gasteiger partial charge on any atom is -0.480 e. The monoisotopic (exact) mass is 243 g/mol. The van der Waals surface area contributed by atoms with Crippen LogP contribution in [0.4, 0.5) is 4.79 Å². The molecule has 3 amide bonds. The molecular formula is C10H17N3O4. The third kappa shape index (κ3) is 3.61. The lowest BCUT2D eigenvalue weighted by atomic mass is 10.3. The Kier molecular flexibility index (Phi) is 4.30. The Morgan fingerprint density at radius 2 is 1.59 bits per heavy atom. The van der Waals surface area contributed by atoms with E-state index in [9.17, 15) is 14.4 Å². The Hall–Kier alpha value is -1.79. The van der Waals surface area contributed by atoms with Crippen LogP contribution in [0, 0.1) is 0 Å². The highest BCUT2D eigenvalue weighted by Gasteiger charge is 2.25. The van der Waals surface area contributed by atoms with Crippen LogP contribution in [0.25, 0.3) is 0 Å². The zero-order valence-electron chi connectivity index (χ0n) is 10.0. The maximum Gasteiger partial charge on any atom is 0.323 e. The lowest BCUT2D eigenvalue weighted by molar-refractivity contribution is -0.137. The lowest BCUT2D eigenvalue weighted by Gasteiger charge is -2.35. The molecular weight excluding hydrogens is 226 g/mol. The summed E-state index contributed by atoms with van der Waals surface area (Å²) < 4.78 is 0. The first-order valence-corrected chi connectivity index (χ1v) is 5.39. The molecule has 1 fully saturated rings. The molecule has 7 heteroatoms. The molecule has 1 aliphatic rings. The van der Waals surface area contributed by atoms with Crippen molar-refractivity contribution in [1.29, 1.82) is 0 Å². The predicted molar refractivity (Wildman–Crippen MR) is 59.5 cm³/mol. The first-order valence-electron chi connectivity index (χ1n) is 5.39. The molecule has 96 valence electrons. The molecule has 1 heterocycles. The fraction of sp³-hybridized carbons (Fsp3) is 0.700. The summed E-state index contributed by atoms with van der Waals surface area (Å²) in [5.74, 6) is -1.04. The third-order valence-electron chi connectivity index (χ3n) is 2.69. The molecule has 0 radical (unpaired) electrons. The SMILES string of the molecule is CC(=O)N1CCN(C(=O)N(C)CC(=O)O)CC1. The van der Waals surface area contributed by atoms with Gasteiger partial charge in [0.05, 0.1) is 0 Å². The zero-order chi connectivity index (χ0) is 13.0. The molecule has 7 nitrogen and oxygen atoms in total. The van der Waals surface area contributed by atoms with E-state index >= 15 is 0 Å². The third-order valence-corrected chi connectivity index (χ3v) is 2.69. The highest BCUT2D eigenvalue weighted by Crippen LogP contribution is 2.04. The van der Waals surface area contributed by atoms with Crippen molar-refractivity contribution in [3.8, 4) is 0 Å². The van der Waals surface area contributed by atoms with Gasteiger partial charge in [-0.15, -0.1) is 0 Å². The van der Waals surface area contributed by atoms with Crippen molar-refractivity contribution in [2.75, 3.05) is 39.8 Å². The van der Waals surface area contributed by atoms with E-state index in [1.165, 1.54) is 14.0 Å². The number of urea groups is 1. The second-order valence-electron chi connectivity index (χ2n) is 4.03. The normalized spacial score (nSPS) is 15.6. The van der Waals surface area contributed by atoms with E-state index in [4.69, 9.17) is 5.11 Å². The van der Waals surface area contributed by atoms with Gasteiger partial charge in [-0.05, 0) is 0 Å². The van der Waals surface area contributed by atoms with Gasteiger partial charge in [0.2, 0.25) is 5.91 Å². The smallest absolute Gasteiger partial charge is 0.323 e. The number of carbonyl (C=O) groups excluding carboxylic acids is 2. The second kappa shape index (κ2) is 5.51. The molecule has 0 aliphatic carbocycles. The van der Waals surface area contributed by atoms with Gasteiger partial charge in [-0.1, -0.05) is 0 Å². The van der Waals surface area contributed by atoms with E-state index in [1.54, 1.807) is 9.80 Å². The summed E-state index contributed by atoms with van der Waals surface area (Å²) >= 11 is 0. The number of piperazine rings is 1. The average Bonchev–Trinajstić information content (AvgIpc) is 2.27. The molecule has 0 bridgehead atoms. The molecule has 1 N–H and O–H groups in total. The molecule has 0 aromatic carbocycles. The van der Waals surface area contributed by atoms with Gasteiger partial charge in [0, 0.05) is 40.2 Å². The first kappa shape index (κ1) is 13.3. The van der Waals surface area contributed by atoms with Gasteiger partial charge in [0.1, 0.15) is 6.54 Å². The Morgan fingerprint density at radius 3 is 2.00 bits per heavy atom. The van der Waals surface area contributed by atoms with E-state index in [1.807, 2.05) is 0 Å². The van der Waals surface area contributed by atoms with Crippen molar-refractivity contribution in [1.82, 2.24) is 14.7 Å². The number of likely N-dealkylation sites (N-methyl/N-ethyl adjacent to an activating group) is 1. The van der Waals surface area contributed by atoms with Crippen LogP contribution in [-0.4, -0.2) is 77.5 Å². The maximum atomic E-state index is 11.8. The number of hydrogen-bond donors (Lipinski definition) is 1. The number of carboxylic acid groups (broad SMARTS) is 1. The minimum atomic E-state index is -1.04. The first-order chi connectivity index (χ1) is 7.91. The van der Waals surface area contributed by atoms with Crippen LogP contribution in [0.5, 0.6) is 0 Å². The number of carboxylic acids is 1. The number of amides is 3. The van der Waals surface area contributed by atoms with E-state index in [-0.39, 0.29) is 18.5 Å². The molecule has 0 atom stereocenters. The summed E-state index contributed by atoms with van der Waals surface area (Å²) in [7, 11) is 1.45. The summed E-state index contributed by atoms with van der Waals surface area (Å²) in [6.45, 7) is 3.08. The number of aliphatic carboxylic acids is 1. The largest absolute Gasteiger partial charge is 0.480 e. The second-order valence-corrected chi connectivity index (χ2v) is 4.03. The van der Waals surface area contributed by atoms with E-state index in [0.717, 1.165) is 4.90 Å². The maximum absolute atomic E-state index is 11.8. The number of nitrogens with zero attached hydrogens (tertiary/aromatic N) is 3. The van der Waals surface area contributed by atoms with Crippen molar-refractivity contribution in [2.45, 2.75) is 6.92 Å². The van der Waals surface area contributed by atoms with Crippen LogP contribution in [0.2, 0.25) is 0 Å². The fourth-order valence-electron chi connectivity index (χ4n) is 1.72. The van der Waals surface area contributed by atoms with Crippen molar-refractivity contribution < 1.29 is 19.5 Å². The van der Waals surface area contributed by atoms with Gasteiger partial charge in [0.25, 0.3) is 0 Å². The molecule has 0 aromatic rings. The van der Waals surface area contributed by atoms with E-state index < -0.39 is 5.97 Å².